The van der Waals surface area contributed by atoms with E-state index in [1.165, 1.54) is 0 Å². The Bertz CT molecular complexity index is 656. The van der Waals surface area contributed by atoms with Crippen LogP contribution in [0.3, 0.4) is 0 Å². The lowest BCUT2D eigenvalue weighted by molar-refractivity contribution is 0.200. The Morgan fingerprint density at radius 1 is 1.14 bits per heavy atom. The molecule has 6 nitrogen and oxygen atoms in total. The first-order chi connectivity index (χ1) is 10.3. The van der Waals surface area contributed by atoms with Crippen LogP contribution in [-0.4, -0.2) is 29.1 Å². The van der Waals surface area contributed by atoms with Gasteiger partial charge in [0.2, 0.25) is 11.8 Å². The van der Waals surface area contributed by atoms with E-state index in [9.17, 15) is 18.6 Å². The summed E-state index contributed by atoms with van der Waals surface area (Å²) < 4.78 is 29.5. The topological polar surface area (TPSA) is 88.8 Å². The van der Waals surface area contributed by atoms with E-state index >= 15 is 0 Å². The van der Waals surface area contributed by atoms with Gasteiger partial charge in [-0.05, 0) is 36.5 Å². The second kappa shape index (κ2) is 5.08. The van der Waals surface area contributed by atoms with Crippen molar-refractivity contribution in [3.05, 3.63) is 11.1 Å². The predicted molar refractivity (Wildman–Crippen MR) is 81.5 cm³/mol. The second-order valence-corrected chi connectivity index (χ2v) is 8.30. The zero-order valence-corrected chi connectivity index (χ0v) is 13.9. The van der Waals surface area contributed by atoms with E-state index in [2.05, 4.69) is 13.8 Å². The normalized spacial score (nSPS) is 29.8. The number of nitrogens with zero attached hydrogens (tertiary/aromatic N) is 1. The Morgan fingerprint density at radius 3 is 2.09 bits per heavy atom. The molecule has 4 atom stereocenters. The van der Waals surface area contributed by atoms with Crippen molar-refractivity contribution in [3.8, 4) is 11.8 Å². The quantitative estimate of drug-likeness (QED) is 0.865. The van der Waals surface area contributed by atoms with Crippen LogP contribution in [0.1, 0.15) is 63.0 Å². The van der Waals surface area contributed by atoms with E-state index in [4.69, 9.17) is 4.28 Å². The molecule has 0 aliphatic heterocycles. The monoisotopic (exact) mass is 329 g/mol. The van der Waals surface area contributed by atoms with Gasteiger partial charge in [-0.1, -0.05) is 31.9 Å². The third-order valence-corrected chi connectivity index (χ3v) is 6.61. The van der Waals surface area contributed by atoms with E-state index in [0.717, 1.165) is 12.8 Å². The highest BCUT2D eigenvalue weighted by molar-refractivity contribution is 7.86. The zero-order chi connectivity index (χ0) is 16.2. The van der Waals surface area contributed by atoms with E-state index in [-0.39, 0.29) is 29.3 Å². The van der Waals surface area contributed by atoms with E-state index in [1.54, 1.807) is 0 Å². The molecule has 0 aromatic carbocycles. The standard InChI is InChI=1S/C15H23NO5S/c1-4-5-6-22(19,20)21-16-14(17)12-10-7-11(9(3)8(10)2)13(12)15(16)18/h8-11,17-18H,4-7H2,1-3H3. The smallest absolute Gasteiger partial charge is 0.327 e. The Labute approximate surface area is 130 Å². The lowest BCUT2D eigenvalue weighted by Gasteiger charge is -2.24. The van der Waals surface area contributed by atoms with Gasteiger partial charge in [0, 0.05) is 11.1 Å². The van der Waals surface area contributed by atoms with Gasteiger partial charge < -0.3 is 10.2 Å². The van der Waals surface area contributed by atoms with E-state index in [1.807, 2.05) is 6.92 Å². The Kier molecular flexibility index (Phi) is 3.58. The lowest BCUT2D eigenvalue weighted by atomic mass is 9.79. The molecular weight excluding hydrogens is 306 g/mol. The molecule has 1 fully saturated rings. The molecular formula is C15H23NO5S. The van der Waals surface area contributed by atoms with Crippen molar-refractivity contribution in [2.24, 2.45) is 11.8 Å². The summed E-state index contributed by atoms with van der Waals surface area (Å²) in [7, 11) is -3.83. The maximum absolute atomic E-state index is 11.9. The van der Waals surface area contributed by atoms with Crippen LogP contribution in [0.4, 0.5) is 0 Å². The summed E-state index contributed by atoms with van der Waals surface area (Å²) in [6.07, 6.45) is 2.10. The summed E-state index contributed by atoms with van der Waals surface area (Å²) in [6.45, 7) is 6.14. The maximum atomic E-state index is 11.9. The third-order valence-electron chi connectivity index (χ3n) is 5.44. The number of unbranched alkanes of at least 4 members (excludes halogenated alkanes) is 1. The first-order valence-electron chi connectivity index (χ1n) is 7.87. The van der Waals surface area contributed by atoms with Crippen LogP contribution in [0, 0.1) is 11.8 Å². The van der Waals surface area contributed by atoms with Crippen LogP contribution in [0.15, 0.2) is 0 Å². The van der Waals surface area contributed by atoms with E-state index < -0.39 is 10.1 Å². The van der Waals surface area contributed by atoms with Crippen LogP contribution in [0.2, 0.25) is 0 Å². The minimum absolute atomic E-state index is 0.134. The molecule has 2 N–H and O–H groups in total. The molecule has 2 aliphatic rings. The molecule has 0 spiro atoms. The molecule has 7 heteroatoms. The third kappa shape index (κ3) is 2.09. The number of rotatable bonds is 5. The number of hydrogen-bond acceptors (Lipinski definition) is 5. The first-order valence-corrected chi connectivity index (χ1v) is 9.45. The van der Waals surface area contributed by atoms with Crippen LogP contribution < -0.4 is 4.28 Å². The second-order valence-electron chi connectivity index (χ2n) is 6.63. The van der Waals surface area contributed by atoms with Crippen molar-refractivity contribution in [1.82, 2.24) is 4.73 Å². The van der Waals surface area contributed by atoms with Crippen LogP contribution in [-0.2, 0) is 10.1 Å². The molecule has 0 amide bonds. The summed E-state index contributed by atoms with van der Waals surface area (Å²) in [5.41, 5.74) is 1.33. The molecule has 22 heavy (non-hydrogen) atoms. The van der Waals surface area contributed by atoms with Crippen molar-refractivity contribution in [3.63, 3.8) is 0 Å². The van der Waals surface area contributed by atoms with Crippen LogP contribution in [0.5, 0.6) is 11.8 Å². The largest absolute Gasteiger partial charge is 0.492 e. The molecule has 3 rings (SSSR count). The van der Waals surface area contributed by atoms with Crippen molar-refractivity contribution in [1.29, 1.82) is 0 Å². The minimum Gasteiger partial charge on any atom is -0.492 e. The molecule has 124 valence electrons. The maximum Gasteiger partial charge on any atom is 0.327 e. The number of aromatic hydroxyl groups is 2. The fourth-order valence-electron chi connectivity index (χ4n) is 4.03. The summed E-state index contributed by atoms with van der Waals surface area (Å²) in [5, 5.41) is 20.7. The number of aromatic nitrogens is 1. The van der Waals surface area contributed by atoms with Gasteiger partial charge >= 0.3 is 10.1 Å². The molecule has 0 radical (unpaired) electrons. The molecule has 1 heterocycles. The first kappa shape index (κ1) is 15.5. The van der Waals surface area contributed by atoms with Gasteiger partial charge in [0.15, 0.2) is 0 Å². The molecule has 4 unspecified atom stereocenters. The van der Waals surface area contributed by atoms with Gasteiger partial charge in [-0.15, -0.1) is 0 Å². The van der Waals surface area contributed by atoms with Gasteiger partial charge in [-0.2, -0.15) is 8.42 Å². The van der Waals surface area contributed by atoms with Gasteiger partial charge in [-0.25, -0.2) is 0 Å². The van der Waals surface area contributed by atoms with Crippen LogP contribution in [0.25, 0.3) is 0 Å². The predicted octanol–water partition coefficient (Wildman–Crippen LogP) is 2.31. The van der Waals surface area contributed by atoms with Gasteiger partial charge in [0.1, 0.15) is 0 Å². The highest BCUT2D eigenvalue weighted by Crippen LogP contribution is 2.64. The minimum atomic E-state index is -3.83. The Balaban J connectivity index is 1.97. The van der Waals surface area contributed by atoms with Crippen molar-refractivity contribution in [2.45, 2.75) is 51.9 Å². The zero-order valence-electron chi connectivity index (χ0n) is 13.1. The van der Waals surface area contributed by atoms with Crippen molar-refractivity contribution in [2.75, 3.05) is 5.75 Å². The molecule has 1 aromatic heterocycles. The molecule has 2 aliphatic carbocycles. The molecule has 0 saturated heterocycles. The van der Waals surface area contributed by atoms with Gasteiger partial charge in [0.05, 0.1) is 5.75 Å². The molecule has 1 saturated carbocycles. The summed E-state index contributed by atoms with van der Waals surface area (Å²) in [6, 6.07) is 0. The van der Waals surface area contributed by atoms with Gasteiger partial charge in [0.25, 0.3) is 0 Å². The summed E-state index contributed by atoms with van der Waals surface area (Å²) >= 11 is 0. The lowest BCUT2D eigenvalue weighted by Crippen LogP contribution is -2.22. The molecule has 2 bridgehead atoms. The number of fused-ring (bicyclic) bond motifs is 5. The summed E-state index contributed by atoms with van der Waals surface area (Å²) in [4.78, 5) is 0. The van der Waals surface area contributed by atoms with Crippen molar-refractivity contribution < 1.29 is 22.9 Å². The van der Waals surface area contributed by atoms with Crippen molar-refractivity contribution >= 4 is 10.1 Å². The average Bonchev–Trinajstić information content (AvgIpc) is 3.05. The van der Waals surface area contributed by atoms with Gasteiger partial charge in [-0.3, -0.25) is 4.28 Å². The Morgan fingerprint density at radius 2 is 1.64 bits per heavy atom. The fourth-order valence-corrected chi connectivity index (χ4v) is 5.12. The highest BCUT2D eigenvalue weighted by Gasteiger charge is 2.52. The Hall–Kier alpha value is -1.37. The average molecular weight is 329 g/mol. The SMILES string of the molecule is CCCCS(=O)(=O)On1c(O)c2c(c1O)C1CC2C(C)C1C. The number of hydrogen-bond donors (Lipinski definition) is 2. The highest BCUT2D eigenvalue weighted by atomic mass is 32.2. The van der Waals surface area contributed by atoms with E-state index in [0.29, 0.717) is 34.1 Å². The fraction of sp³-hybridized carbons (Fsp3) is 0.733. The summed E-state index contributed by atoms with van der Waals surface area (Å²) in [5.74, 6) is 0.446. The molecule has 1 aromatic rings. The van der Waals surface area contributed by atoms with Crippen LogP contribution >= 0.6 is 0 Å².